The van der Waals surface area contributed by atoms with Crippen LogP contribution in [0.15, 0.2) is 34.6 Å². The highest BCUT2D eigenvalue weighted by Crippen LogP contribution is 2.46. The molecule has 142 valence electrons. The second-order valence-corrected chi connectivity index (χ2v) is 8.64. The normalized spacial score (nSPS) is 27.6. The van der Waals surface area contributed by atoms with Gasteiger partial charge in [-0.1, -0.05) is 11.8 Å². The quantitative estimate of drug-likeness (QED) is 0.817. The van der Waals surface area contributed by atoms with Crippen molar-refractivity contribution in [2.45, 2.75) is 25.0 Å². The maximum atomic E-state index is 13.0. The summed E-state index contributed by atoms with van der Waals surface area (Å²) in [6.45, 7) is 2.49. The number of halogens is 1. The first-order chi connectivity index (χ1) is 13.0. The molecule has 0 saturated carbocycles. The van der Waals surface area contributed by atoms with Gasteiger partial charge < -0.3 is 15.8 Å². The highest BCUT2D eigenvalue weighted by Gasteiger charge is 2.49. The van der Waals surface area contributed by atoms with Gasteiger partial charge in [-0.3, -0.25) is 4.79 Å². The number of nitrogens with zero attached hydrogens (tertiary/aromatic N) is 2. The van der Waals surface area contributed by atoms with Crippen LogP contribution < -0.4 is 11.1 Å². The smallest absolute Gasteiger partial charge is 0.256 e. The first kappa shape index (κ1) is 18.4. The fourth-order valence-corrected chi connectivity index (χ4v) is 5.37. The molecule has 3 atom stereocenters. The molecule has 27 heavy (non-hydrogen) atoms. The number of nitrogens with one attached hydrogen (secondary N) is 1. The average Bonchev–Trinajstić information content (AvgIpc) is 3.11. The second kappa shape index (κ2) is 7.21. The summed E-state index contributed by atoms with van der Waals surface area (Å²) in [6.07, 6.45) is 1.07. The molecule has 1 aromatic carbocycles. The van der Waals surface area contributed by atoms with Crippen LogP contribution in [0.3, 0.4) is 0 Å². The standard InChI is InChI=1S/C18H19FN4O2S2/c1-10-6-12-7-27-17(20)23-18(12,9-25-10)16-22-14(8-26-16)21-15(24)11-2-4-13(19)5-3-11/h2-5,8,10,12H,6-7,9H2,1H3,(H2,20,23)(H,21,24). The number of fused-ring (bicyclic) bond motifs is 1. The van der Waals surface area contributed by atoms with Crippen LogP contribution in [-0.4, -0.2) is 34.5 Å². The van der Waals surface area contributed by atoms with E-state index in [1.807, 2.05) is 0 Å². The van der Waals surface area contributed by atoms with Crippen molar-refractivity contribution in [2.24, 2.45) is 16.6 Å². The Morgan fingerprint density at radius 2 is 2.19 bits per heavy atom. The van der Waals surface area contributed by atoms with Crippen molar-refractivity contribution in [3.63, 3.8) is 0 Å². The number of nitrogens with two attached hydrogens (primary N) is 1. The first-order valence-corrected chi connectivity index (χ1v) is 10.5. The summed E-state index contributed by atoms with van der Waals surface area (Å²) < 4.78 is 18.9. The van der Waals surface area contributed by atoms with Crippen LogP contribution in [0, 0.1) is 11.7 Å². The minimum Gasteiger partial charge on any atom is -0.379 e. The largest absolute Gasteiger partial charge is 0.379 e. The summed E-state index contributed by atoms with van der Waals surface area (Å²) in [6, 6.07) is 5.38. The second-order valence-electron chi connectivity index (χ2n) is 6.74. The summed E-state index contributed by atoms with van der Waals surface area (Å²) in [7, 11) is 0. The number of amides is 1. The number of benzene rings is 1. The number of thioether (sulfide) groups is 1. The van der Waals surface area contributed by atoms with E-state index in [0.717, 1.165) is 17.2 Å². The van der Waals surface area contributed by atoms with Crippen molar-refractivity contribution in [2.75, 3.05) is 17.7 Å². The predicted molar refractivity (Wildman–Crippen MR) is 106 cm³/mol. The molecule has 6 nitrogen and oxygen atoms in total. The zero-order valence-corrected chi connectivity index (χ0v) is 16.3. The minimum absolute atomic E-state index is 0.177. The third-order valence-corrected chi connectivity index (χ3v) is 6.81. The number of thiazole rings is 1. The van der Waals surface area contributed by atoms with Crippen molar-refractivity contribution in [1.82, 2.24) is 4.98 Å². The highest BCUT2D eigenvalue weighted by atomic mass is 32.2. The van der Waals surface area contributed by atoms with Gasteiger partial charge in [0, 0.05) is 22.6 Å². The number of carbonyl (C=O) groups excluding carboxylic acids is 1. The number of aromatic nitrogens is 1. The van der Waals surface area contributed by atoms with Gasteiger partial charge in [-0.15, -0.1) is 11.3 Å². The van der Waals surface area contributed by atoms with E-state index in [1.54, 1.807) is 17.1 Å². The number of anilines is 1. The Morgan fingerprint density at radius 3 is 2.96 bits per heavy atom. The Balaban J connectivity index is 1.58. The van der Waals surface area contributed by atoms with E-state index in [4.69, 9.17) is 15.5 Å². The molecule has 2 aliphatic rings. The van der Waals surface area contributed by atoms with Crippen molar-refractivity contribution in [3.8, 4) is 0 Å². The maximum absolute atomic E-state index is 13.0. The Hall–Kier alpha value is -1.97. The molecule has 0 bridgehead atoms. The summed E-state index contributed by atoms with van der Waals surface area (Å²) in [4.78, 5) is 21.7. The topological polar surface area (TPSA) is 89.6 Å². The molecule has 3 unspecified atom stereocenters. The first-order valence-electron chi connectivity index (χ1n) is 8.59. The Bertz CT molecular complexity index is 886. The molecule has 2 aromatic rings. The number of hydrogen-bond acceptors (Lipinski definition) is 7. The Labute approximate surface area is 164 Å². The molecule has 3 N–H and O–H groups in total. The van der Waals surface area contributed by atoms with Crippen LogP contribution in [-0.2, 0) is 10.3 Å². The summed E-state index contributed by atoms with van der Waals surface area (Å²) >= 11 is 3.00. The lowest BCUT2D eigenvalue weighted by molar-refractivity contribution is -0.0466. The van der Waals surface area contributed by atoms with E-state index in [-0.39, 0.29) is 23.7 Å². The number of ether oxygens (including phenoxy) is 1. The van der Waals surface area contributed by atoms with E-state index in [2.05, 4.69) is 17.2 Å². The summed E-state index contributed by atoms with van der Waals surface area (Å²) in [5.41, 5.74) is 5.79. The number of amidine groups is 1. The predicted octanol–water partition coefficient (Wildman–Crippen LogP) is 3.22. The molecular formula is C18H19FN4O2S2. The summed E-state index contributed by atoms with van der Waals surface area (Å²) in [5.74, 6) is 0.884. The van der Waals surface area contributed by atoms with Crippen molar-refractivity contribution in [1.29, 1.82) is 0 Å². The maximum Gasteiger partial charge on any atom is 0.256 e. The highest BCUT2D eigenvalue weighted by molar-refractivity contribution is 8.13. The van der Waals surface area contributed by atoms with Gasteiger partial charge in [-0.25, -0.2) is 14.4 Å². The molecule has 0 radical (unpaired) electrons. The SMILES string of the molecule is CC1CC2CSC(N)=NC2(c2nc(NC(=O)c3ccc(F)cc3)cs2)CO1. The lowest BCUT2D eigenvalue weighted by Gasteiger charge is -2.44. The van der Waals surface area contributed by atoms with Crippen molar-refractivity contribution < 1.29 is 13.9 Å². The molecule has 1 saturated heterocycles. The van der Waals surface area contributed by atoms with E-state index in [0.29, 0.717) is 23.2 Å². The minimum atomic E-state index is -0.592. The zero-order chi connectivity index (χ0) is 19.0. The van der Waals surface area contributed by atoms with E-state index in [9.17, 15) is 9.18 Å². The third-order valence-electron chi connectivity index (χ3n) is 4.84. The van der Waals surface area contributed by atoms with Gasteiger partial charge in [-0.05, 0) is 37.6 Å². The lowest BCUT2D eigenvalue weighted by Crippen LogP contribution is -2.49. The molecule has 2 aliphatic heterocycles. The van der Waals surface area contributed by atoms with Crippen LogP contribution in [0.4, 0.5) is 10.2 Å². The molecule has 0 aliphatic carbocycles. The number of hydrogen-bond donors (Lipinski definition) is 2. The molecular weight excluding hydrogens is 387 g/mol. The van der Waals surface area contributed by atoms with Crippen molar-refractivity contribution >= 4 is 40.0 Å². The van der Waals surface area contributed by atoms with Gasteiger partial charge in [0.1, 0.15) is 22.2 Å². The van der Waals surface area contributed by atoms with E-state index < -0.39 is 5.54 Å². The molecule has 4 rings (SSSR count). The number of rotatable bonds is 3. The Morgan fingerprint density at radius 1 is 1.41 bits per heavy atom. The molecule has 3 heterocycles. The molecule has 1 amide bonds. The van der Waals surface area contributed by atoms with Gasteiger partial charge in [0.15, 0.2) is 5.17 Å². The monoisotopic (exact) mass is 406 g/mol. The van der Waals surface area contributed by atoms with Gasteiger partial charge >= 0.3 is 0 Å². The molecule has 0 spiro atoms. The van der Waals surface area contributed by atoms with Gasteiger partial charge in [0.25, 0.3) is 5.91 Å². The fraction of sp³-hybridized carbons (Fsp3) is 0.389. The molecule has 1 aromatic heterocycles. The number of carbonyl (C=O) groups is 1. The zero-order valence-electron chi connectivity index (χ0n) is 14.6. The lowest BCUT2D eigenvalue weighted by atomic mass is 9.80. The Kier molecular flexibility index (Phi) is 4.92. The van der Waals surface area contributed by atoms with Crippen LogP contribution in [0.1, 0.15) is 28.7 Å². The van der Waals surface area contributed by atoms with Crippen LogP contribution in [0.5, 0.6) is 0 Å². The van der Waals surface area contributed by atoms with Crippen LogP contribution in [0.25, 0.3) is 0 Å². The van der Waals surface area contributed by atoms with Gasteiger partial charge in [0.2, 0.25) is 0 Å². The van der Waals surface area contributed by atoms with E-state index in [1.165, 1.54) is 35.6 Å². The third kappa shape index (κ3) is 3.59. The number of aliphatic imine (C=N–C) groups is 1. The van der Waals surface area contributed by atoms with Gasteiger partial charge in [-0.2, -0.15) is 0 Å². The van der Waals surface area contributed by atoms with Crippen LogP contribution >= 0.6 is 23.1 Å². The molecule has 9 heteroatoms. The fourth-order valence-electron chi connectivity index (χ4n) is 3.40. The van der Waals surface area contributed by atoms with E-state index >= 15 is 0 Å². The summed E-state index contributed by atoms with van der Waals surface area (Å²) in [5, 5.41) is 5.87. The van der Waals surface area contributed by atoms with Crippen LogP contribution in [0.2, 0.25) is 0 Å². The van der Waals surface area contributed by atoms with Crippen molar-refractivity contribution in [3.05, 3.63) is 46.0 Å². The van der Waals surface area contributed by atoms with Gasteiger partial charge in [0.05, 0.1) is 12.7 Å². The molecule has 1 fully saturated rings. The average molecular weight is 407 g/mol.